The van der Waals surface area contributed by atoms with Crippen molar-refractivity contribution < 1.29 is 4.79 Å². The lowest BCUT2D eigenvalue weighted by Gasteiger charge is -1.94. The van der Waals surface area contributed by atoms with Crippen LogP contribution in [0.4, 0.5) is 0 Å². The Morgan fingerprint density at radius 2 is 2.29 bits per heavy atom. The third-order valence-corrected chi connectivity index (χ3v) is 3.04. The molecule has 17 heavy (non-hydrogen) atoms. The van der Waals surface area contributed by atoms with Crippen LogP contribution in [0, 0.1) is 0 Å². The molecule has 0 radical (unpaired) electrons. The largest absolute Gasteiger partial charge is 0.366 e. The molecule has 1 amide bonds. The van der Waals surface area contributed by atoms with Crippen molar-refractivity contribution in [2.75, 3.05) is 0 Å². The van der Waals surface area contributed by atoms with Crippen molar-refractivity contribution in [1.82, 2.24) is 15.0 Å². The molecular formula is C11H8N4OS. The first kappa shape index (κ1) is 9.98. The van der Waals surface area contributed by atoms with Crippen LogP contribution in [-0.2, 0) is 0 Å². The van der Waals surface area contributed by atoms with Gasteiger partial charge in [0.2, 0.25) is 0 Å². The summed E-state index contributed by atoms with van der Waals surface area (Å²) in [6.45, 7) is 0. The van der Waals surface area contributed by atoms with Crippen LogP contribution in [-0.4, -0.2) is 20.9 Å². The number of primary amides is 1. The van der Waals surface area contributed by atoms with E-state index in [1.165, 1.54) is 11.3 Å². The normalized spacial score (nSPS) is 10.8. The van der Waals surface area contributed by atoms with Crippen molar-refractivity contribution in [2.24, 2.45) is 5.73 Å². The average Bonchev–Trinajstić information content (AvgIpc) is 2.96. The molecule has 2 aromatic heterocycles. The first-order chi connectivity index (χ1) is 8.25. The number of benzene rings is 1. The average molecular weight is 244 g/mol. The predicted octanol–water partition coefficient (Wildman–Crippen LogP) is 1.79. The highest BCUT2D eigenvalue weighted by atomic mass is 32.1. The molecule has 0 aliphatic carbocycles. The van der Waals surface area contributed by atoms with Gasteiger partial charge in [0.25, 0.3) is 5.91 Å². The van der Waals surface area contributed by atoms with Gasteiger partial charge in [0.05, 0.1) is 16.6 Å². The maximum absolute atomic E-state index is 11.3. The number of aromatic nitrogens is 3. The van der Waals surface area contributed by atoms with Gasteiger partial charge in [0.15, 0.2) is 5.82 Å². The Morgan fingerprint density at radius 3 is 3.00 bits per heavy atom. The second-order valence-electron chi connectivity index (χ2n) is 3.53. The minimum Gasteiger partial charge on any atom is -0.366 e. The smallest absolute Gasteiger partial charge is 0.250 e. The zero-order chi connectivity index (χ0) is 11.8. The molecule has 6 heteroatoms. The van der Waals surface area contributed by atoms with Gasteiger partial charge in [-0.1, -0.05) is 6.07 Å². The molecule has 0 fully saturated rings. The van der Waals surface area contributed by atoms with Gasteiger partial charge in [-0.25, -0.2) is 9.97 Å². The fourth-order valence-electron chi connectivity index (χ4n) is 1.68. The molecule has 0 aliphatic heterocycles. The summed E-state index contributed by atoms with van der Waals surface area (Å²) in [5.74, 6) is 0.168. The number of para-hydroxylation sites is 1. The molecule has 3 rings (SSSR count). The number of hydrogen-bond donors (Lipinski definition) is 2. The molecule has 0 spiro atoms. The van der Waals surface area contributed by atoms with Crippen molar-refractivity contribution in [3.63, 3.8) is 0 Å². The minimum atomic E-state index is -0.480. The Morgan fingerprint density at radius 1 is 1.41 bits per heavy atom. The van der Waals surface area contributed by atoms with E-state index in [2.05, 4.69) is 15.0 Å². The number of carbonyl (C=O) groups is 1. The van der Waals surface area contributed by atoms with Gasteiger partial charge < -0.3 is 10.7 Å². The van der Waals surface area contributed by atoms with Crippen LogP contribution in [0.2, 0.25) is 0 Å². The predicted molar refractivity (Wildman–Crippen MR) is 65.7 cm³/mol. The number of hydrogen-bond acceptors (Lipinski definition) is 4. The maximum Gasteiger partial charge on any atom is 0.250 e. The number of nitrogens with one attached hydrogen (secondary N) is 1. The molecular weight excluding hydrogens is 236 g/mol. The van der Waals surface area contributed by atoms with Crippen molar-refractivity contribution in [1.29, 1.82) is 0 Å². The second-order valence-corrected chi connectivity index (χ2v) is 4.24. The van der Waals surface area contributed by atoms with E-state index in [1.54, 1.807) is 17.6 Å². The molecule has 0 saturated heterocycles. The SMILES string of the molecule is NC(=O)c1cccc2[nH]c(-c3cscn3)nc12. The fraction of sp³-hybridized carbons (Fsp3) is 0. The van der Waals surface area contributed by atoms with Crippen molar-refractivity contribution in [3.8, 4) is 11.5 Å². The quantitative estimate of drug-likeness (QED) is 0.720. The van der Waals surface area contributed by atoms with E-state index in [0.29, 0.717) is 16.9 Å². The first-order valence-corrected chi connectivity index (χ1v) is 5.87. The highest BCUT2D eigenvalue weighted by Crippen LogP contribution is 2.22. The summed E-state index contributed by atoms with van der Waals surface area (Å²) in [6, 6.07) is 5.28. The number of thiazole rings is 1. The molecule has 0 bridgehead atoms. The topological polar surface area (TPSA) is 84.7 Å². The maximum atomic E-state index is 11.3. The summed E-state index contributed by atoms with van der Waals surface area (Å²) in [6.07, 6.45) is 0. The number of fused-ring (bicyclic) bond motifs is 1. The summed E-state index contributed by atoms with van der Waals surface area (Å²) >= 11 is 1.49. The lowest BCUT2D eigenvalue weighted by atomic mass is 10.2. The molecule has 0 atom stereocenters. The molecule has 0 saturated carbocycles. The summed E-state index contributed by atoms with van der Waals surface area (Å²) in [4.78, 5) is 22.9. The zero-order valence-corrected chi connectivity index (χ0v) is 9.49. The van der Waals surface area contributed by atoms with Crippen LogP contribution in [0.15, 0.2) is 29.1 Å². The summed E-state index contributed by atoms with van der Waals surface area (Å²) < 4.78 is 0. The Labute approximate surface area is 100 Å². The fourth-order valence-corrected chi connectivity index (χ4v) is 2.22. The lowest BCUT2D eigenvalue weighted by Crippen LogP contribution is -2.11. The molecule has 3 aromatic rings. The molecule has 1 aromatic carbocycles. The van der Waals surface area contributed by atoms with Crippen molar-refractivity contribution in [2.45, 2.75) is 0 Å². The van der Waals surface area contributed by atoms with Gasteiger partial charge >= 0.3 is 0 Å². The van der Waals surface area contributed by atoms with Gasteiger partial charge in [-0.2, -0.15) is 0 Å². The molecule has 3 N–H and O–H groups in total. The van der Waals surface area contributed by atoms with E-state index in [0.717, 1.165) is 11.2 Å². The number of amides is 1. The Kier molecular flexibility index (Phi) is 2.15. The second kappa shape index (κ2) is 3.67. The van der Waals surface area contributed by atoms with Crippen molar-refractivity contribution in [3.05, 3.63) is 34.7 Å². The Hall–Kier alpha value is -2.21. The zero-order valence-electron chi connectivity index (χ0n) is 8.68. The van der Waals surface area contributed by atoms with Crippen LogP contribution >= 0.6 is 11.3 Å². The Bertz CT molecular complexity index is 687. The van der Waals surface area contributed by atoms with Gasteiger partial charge in [-0.15, -0.1) is 11.3 Å². The minimum absolute atomic E-state index is 0.417. The third kappa shape index (κ3) is 1.58. The monoisotopic (exact) mass is 244 g/mol. The number of aromatic amines is 1. The van der Waals surface area contributed by atoms with Gasteiger partial charge in [0.1, 0.15) is 11.2 Å². The van der Waals surface area contributed by atoms with E-state index in [1.807, 2.05) is 11.4 Å². The molecule has 0 unspecified atom stereocenters. The molecule has 84 valence electrons. The van der Waals surface area contributed by atoms with E-state index in [-0.39, 0.29) is 0 Å². The standard InChI is InChI=1S/C11H8N4OS/c12-10(16)6-2-1-3-7-9(6)15-11(14-7)8-4-17-5-13-8/h1-5H,(H2,12,16)(H,14,15). The summed E-state index contributed by atoms with van der Waals surface area (Å²) in [7, 11) is 0. The number of nitrogens with two attached hydrogens (primary N) is 1. The van der Waals surface area contributed by atoms with Crippen LogP contribution in [0.3, 0.4) is 0 Å². The molecule has 5 nitrogen and oxygen atoms in total. The van der Waals surface area contributed by atoms with Gasteiger partial charge in [-0.3, -0.25) is 4.79 Å². The lowest BCUT2D eigenvalue weighted by molar-refractivity contribution is 0.100. The number of rotatable bonds is 2. The van der Waals surface area contributed by atoms with Gasteiger partial charge in [0, 0.05) is 5.38 Å². The number of H-pyrrole nitrogens is 1. The van der Waals surface area contributed by atoms with Crippen LogP contribution in [0.25, 0.3) is 22.6 Å². The summed E-state index contributed by atoms with van der Waals surface area (Å²) in [5.41, 5.74) is 9.59. The summed E-state index contributed by atoms with van der Waals surface area (Å²) in [5, 5.41) is 1.89. The van der Waals surface area contributed by atoms with E-state index in [9.17, 15) is 4.79 Å². The third-order valence-electron chi connectivity index (χ3n) is 2.45. The van der Waals surface area contributed by atoms with E-state index < -0.39 is 5.91 Å². The number of imidazole rings is 1. The highest BCUT2D eigenvalue weighted by molar-refractivity contribution is 7.07. The number of nitrogens with zero attached hydrogens (tertiary/aromatic N) is 2. The van der Waals surface area contributed by atoms with Crippen LogP contribution in [0.1, 0.15) is 10.4 Å². The molecule has 0 aliphatic rings. The van der Waals surface area contributed by atoms with Crippen LogP contribution < -0.4 is 5.73 Å². The van der Waals surface area contributed by atoms with Crippen LogP contribution in [0.5, 0.6) is 0 Å². The first-order valence-electron chi connectivity index (χ1n) is 4.93. The van der Waals surface area contributed by atoms with E-state index in [4.69, 9.17) is 5.73 Å². The van der Waals surface area contributed by atoms with E-state index >= 15 is 0 Å². The van der Waals surface area contributed by atoms with Gasteiger partial charge in [-0.05, 0) is 12.1 Å². The highest BCUT2D eigenvalue weighted by Gasteiger charge is 2.12. The molecule has 2 heterocycles. The van der Waals surface area contributed by atoms with Crippen molar-refractivity contribution >= 4 is 28.3 Å². The number of carbonyl (C=O) groups excluding carboxylic acids is 1. The Balaban J connectivity index is 2.26.